The number of thiazole rings is 1. The van der Waals surface area contributed by atoms with Crippen molar-refractivity contribution in [1.29, 1.82) is 0 Å². The van der Waals surface area contributed by atoms with E-state index in [1.165, 1.54) is 24.4 Å². The van der Waals surface area contributed by atoms with Crippen LogP contribution in [0.3, 0.4) is 0 Å². The largest absolute Gasteiger partial charge is 0.498 e. The van der Waals surface area contributed by atoms with Gasteiger partial charge in [0.15, 0.2) is 0 Å². The van der Waals surface area contributed by atoms with E-state index in [0.717, 1.165) is 48.4 Å². The number of hydrogen-bond acceptors (Lipinski definition) is 5. The molecule has 41 heavy (non-hydrogen) atoms. The van der Waals surface area contributed by atoms with Crippen LogP contribution in [-0.2, 0) is 25.5 Å². The molecule has 207 valence electrons. The second-order valence-electron chi connectivity index (χ2n) is 10.4. The van der Waals surface area contributed by atoms with Gasteiger partial charge in [0.2, 0.25) is 0 Å². The van der Waals surface area contributed by atoms with Crippen molar-refractivity contribution >= 4 is 43.5 Å². The van der Waals surface area contributed by atoms with Crippen LogP contribution in [0.25, 0.3) is 54.7 Å². The fourth-order valence-electron chi connectivity index (χ4n) is 4.35. The van der Waals surface area contributed by atoms with Crippen molar-refractivity contribution in [2.24, 2.45) is 0 Å². The summed E-state index contributed by atoms with van der Waals surface area (Å²) in [4.78, 5) is 13.4. The maximum Gasteiger partial charge on any atom is 0.148 e. The van der Waals surface area contributed by atoms with Crippen LogP contribution < -0.4 is 0 Å². The molecule has 0 spiro atoms. The quantitative estimate of drug-likeness (QED) is 0.166. The van der Waals surface area contributed by atoms with E-state index in [0.29, 0.717) is 11.3 Å². The van der Waals surface area contributed by atoms with Crippen LogP contribution >= 0.6 is 11.3 Å². The third-order valence-corrected chi connectivity index (χ3v) is 7.82. The van der Waals surface area contributed by atoms with Crippen LogP contribution in [0.15, 0.2) is 89.6 Å². The van der Waals surface area contributed by atoms with E-state index in [1.54, 1.807) is 29.7 Å². The van der Waals surface area contributed by atoms with Gasteiger partial charge < -0.3 is 14.4 Å². The van der Waals surface area contributed by atoms with E-state index in [4.69, 9.17) is 17.6 Å². The first-order chi connectivity index (χ1) is 21.7. The number of hydrogen-bond donors (Lipinski definition) is 0. The number of furan rings is 1. The summed E-state index contributed by atoms with van der Waals surface area (Å²) in [7, 11) is 0. The van der Waals surface area contributed by atoms with Gasteiger partial charge in [0.25, 0.3) is 0 Å². The van der Waals surface area contributed by atoms with Gasteiger partial charge in [-0.3, -0.25) is 0 Å². The summed E-state index contributed by atoms with van der Waals surface area (Å²) in [5.41, 5.74) is 5.93. The minimum atomic E-state index is -2.18. The van der Waals surface area contributed by atoms with Crippen molar-refractivity contribution < 1.29 is 32.7 Å². The van der Waals surface area contributed by atoms with Gasteiger partial charge in [-0.15, -0.1) is 64.9 Å². The first-order valence-electron chi connectivity index (χ1n) is 15.8. The van der Waals surface area contributed by atoms with E-state index >= 15 is 0 Å². The summed E-state index contributed by atoms with van der Waals surface area (Å²) in [5, 5.41) is 3.29. The Labute approximate surface area is 266 Å². The number of rotatable bonds is 2. The second kappa shape index (κ2) is 11.7. The van der Waals surface area contributed by atoms with E-state index < -0.39 is 13.7 Å². The van der Waals surface area contributed by atoms with Gasteiger partial charge in [0.05, 0.1) is 15.3 Å². The van der Waals surface area contributed by atoms with Crippen molar-refractivity contribution in [2.45, 2.75) is 39.9 Å². The second-order valence-corrected chi connectivity index (χ2v) is 11.4. The van der Waals surface area contributed by atoms with Gasteiger partial charge in [0.1, 0.15) is 11.1 Å². The summed E-state index contributed by atoms with van der Waals surface area (Å²) in [6.07, 6.45) is 3.09. The predicted molar refractivity (Wildman–Crippen MR) is 166 cm³/mol. The molecule has 4 nitrogen and oxygen atoms in total. The van der Waals surface area contributed by atoms with Crippen molar-refractivity contribution in [3.05, 3.63) is 113 Å². The van der Waals surface area contributed by atoms with Gasteiger partial charge in [-0.25, -0.2) is 4.98 Å². The zero-order valence-electron chi connectivity index (χ0n) is 28.6. The third-order valence-electron chi connectivity index (χ3n) is 6.37. The smallest absolute Gasteiger partial charge is 0.148 e. The van der Waals surface area contributed by atoms with Crippen molar-refractivity contribution in [2.75, 3.05) is 0 Å². The van der Waals surface area contributed by atoms with Crippen LogP contribution in [0.4, 0.5) is 0 Å². The Morgan fingerprint density at radius 1 is 0.829 bits per heavy atom. The topological polar surface area (TPSA) is 51.8 Å². The maximum absolute atomic E-state index is 7.28. The molecule has 7 rings (SSSR count). The first-order valence-corrected chi connectivity index (χ1v) is 13.6. The van der Waals surface area contributed by atoms with Crippen LogP contribution in [-0.4, -0.2) is 15.0 Å². The SMILES string of the molecule is CC(C)(C)c1nc2c(ccc3c4cc[c-]c(-c5ccccn5)c4oc32)s1.[2H]C([2H])([2H])c1c[c-]c(-c2ccc(C([2H])([2H])[2H])cn2)cc1.[Ir]. The average Bonchev–Trinajstić information content (AvgIpc) is 3.63. The Kier molecular flexibility index (Phi) is 6.24. The fourth-order valence-corrected chi connectivity index (χ4v) is 5.37. The molecule has 1 radical (unpaired) electrons. The van der Waals surface area contributed by atoms with Crippen LogP contribution in [0.1, 0.15) is 45.1 Å². The molecule has 0 unspecified atom stereocenters. The number of aromatic nitrogens is 3. The summed E-state index contributed by atoms with van der Waals surface area (Å²) in [6.45, 7) is 2.23. The molecule has 0 saturated heterocycles. The number of benzene rings is 3. The normalized spacial score (nSPS) is 14.1. The van der Waals surface area contributed by atoms with E-state index in [2.05, 4.69) is 61.1 Å². The zero-order chi connectivity index (χ0) is 32.9. The summed E-state index contributed by atoms with van der Waals surface area (Å²) in [5.74, 6) is 0. The Balaban J connectivity index is 0.000000188. The Morgan fingerprint density at radius 3 is 2.34 bits per heavy atom. The molecule has 0 aliphatic carbocycles. The number of pyridine rings is 2. The van der Waals surface area contributed by atoms with Crippen molar-refractivity contribution in [1.82, 2.24) is 15.0 Å². The minimum absolute atomic E-state index is 0. The minimum Gasteiger partial charge on any atom is -0.498 e. The zero-order valence-corrected chi connectivity index (χ0v) is 25.8. The Hall–Kier alpha value is -3.70. The summed E-state index contributed by atoms with van der Waals surface area (Å²) >= 11 is 1.74. The fraction of sp³-hybridized carbons (Fsp3) is 0.171. The Bertz CT molecular complexity index is 2090. The maximum atomic E-state index is 7.28. The molecule has 6 heteroatoms. The van der Waals surface area contributed by atoms with Crippen molar-refractivity contribution in [3.8, 4) is 22.5 Å². The number of fused-ring (bicyclic) bond motifs is 5. The molecular formula is C35H29IrN3OS-2. The van der Waals surface area contributed by atoms with Crippen LogP contribution in [0, 0.1) is 25.8 Å². The molecule has 0 fully saturated rings. The first kappa shape index (κ1) is 22.0. The summed E-state index contributed by atoms with van der Waals surface area (Å²) in [6, 6.07) is 27.9. The van der Waals surface area contributed by atoms with Gasteiger partial charge in [-0.2, -0.15) is 0 Å². The molecule has 0 aliphatic heterocycles. The van der Waals surface area contributed by atoms with E-state index in [1.807, 2.05) is 24.3 Å². The molecule has 0 bridgehead atoms. The third kappa shape index (κ3) is 5.87. The van der Waals surface area contributed by atoms with E-state index in [-0.39, 0.29) is 36.6 Å². The van der Waals surface area contributed by atoms with Gasteiger partial charge in [0, 0.05) is 51.5 Å². The summed E-state index contributed by atoms with van der Waals surface area (Å²) < 4.78 is 51.2. The molecule has 3 aromatic carbocycles. The van der Waals surface area contributed by atoms with Gasteiger partial charge >= 0.3 is 0 Å². The molecule has 7 aromatic rings. The molecule has 4 heterocycles. The molecule has 0 atom stereocenters. The predicted octanol–water partition coefficient (Wildman–Crippen LogP) is 9.52. The average molecular weight is 738 g/mol. The molecular weight excluding hydrogens is 703 g/mol. The van der Waals surface area contributed by atoms with Gasteiger partial charge in [-0.1, -0.05) is 68.9 Å². The Morgan fingerprint density at radius 2 is 1.66 bits per heavy atom. The molecule has 0 amide bonds. The molecule has 0 saturated carbocycles. The van der Waals surface area contributed by atoms with Crippen LogP contribution in [0.2, 0.25) is 0 Å². The monoisotopic (exact) mass is 738 g/mol. The van der Waals surface area contributed by atoms with Crippen LogP contribution in [0.5, 0.6) is 0 Å². The molecule has 4 aromatic heterocycles. The number of aryl methyl sites for hydroxylation is 2. The molecule has 0 aliphatic rings. The van der Waals surface area contributed by atoms with E-state index in [9.17, 15) is 0 Å². The number of nitrogens with zero attached hydrogens (tertiary/aromatic N) is 3. The van der Waals surface area contributed by atoms with Crippen molar-refractivity contribution in [3.63, 3.8) is 0 Å². The standard InChI is InChI=1S/C22H17N2OS.C13H12N.Ir/c1-22(2,3)21-24-18-17(26-21)11-10-14-13-7-6-8-15(19(13)25-20(14)18)16-9-4-5-12-23-16;1-10-3-6-12(7-4-10)13-8-5-11(2)9-14-13;/h4-7,9-12H,1-3H3;3-6,8-9H,1-2H3;/q2*-1;/i;1D3,2D3;. The van der Waals surface area contributed by atoms with Gasteiger partial charge in [-0.05, 0) is 35.9 Å². The molecule has 0 N–H and O–H groups in total.